The Labute approximate surface area is 123 Å². The van der Waals surface area contributed by atoms with Crippen LogP contribution in [-0.4, -0.2) is 26.4 Å². The Kier molecular flexibility index (Phi) is 3.19. The molecule has 0 fully saturated rings. The van der Waals surface area contributed by atoms with E-state index in [4.69, 9.17) is 5.11 Å². The number of benzene rings is 1. The zero-order valence-corrected chi connectivity index (χ0v) is 11.8. The molecule has 3 rings (SSSR count). The number of aromatic nitrogens is 2. The highest BCUT2D eigenvalue weighted by Crippen LogP contribution is 2.17. The Hall–Kier alpha value is -2.67. The molecule has 0 spiro atoms. The highest BCUT2D eigenvalue weighted by atomic mass is 32.1. The second kappa shape index (κ2) is 5.02. The third kappa shape index (κ3) is 2.63. The Bertz CT molecular complexity index is 801. The first-order chi connectivity index (χ1) is 10.0. The Morgan fingerprint density at radius 2 is 1.95 bits per heavy atom. The molecule has 0 aliphatic rings. The van der Waals surface area contributed by atoms with Crippen LogP contribution in [0.3, 0.4) is 0 Å². The number of thiazole rings is 1. The molecule has 6 nitrogen and oxygen atoms in total. The van der Waals surface area contributed by atoms with Crippen LogP contribution >= 0.6 is 11.3 Å². The largest absolute Gasteiger partial charge is 0.478 e. The lowest BCUT2D eigenvalue weighted by molar-refractivity contribution is 0.0696. The first kappa shape index (κ1) is 13.3. The van der Waals surface area contributed by atoms with E-state index in [1.165, 1.54) is 23.5 Å². The van der Waals surface area contributed by atoms with Crippen molar-refractivity contribution in [2.24, 2.45) is 0 Å². The molecular formula is C14H11N3O3S. The minimum absolute atomic E-state index is 0.172. The zero-order chi connectivity index (χ0) is 15.0. The Morgan fingerprint density at radius 1 is 1.24 bits per heavy atom. The van der Waals surface area contributed by atoms with Crippen molar-refractivity contribution in [2.45, 2.75) is 6.92 Å². The summed E-state index contributed by atoms with van der Waals surface area (Å²) in [6, 6.07) is 5.97. The fraction of sp³-hybridized carbons (Fsp3) is 0.0714. The number of carboxylic acid groups (broad SMARTS) is 1. The molecule has 0 atom stereocenters. The number of amides is 1. The number of imidazole rings is 1. The molecule has 0 bridgehead atoms. The topological polar surface area (TPSA) is 83.7 Å². The molecule has 1 amide bonds. The minimum atomic E-state index is -1.00. The Morgan fingerprint density at radius 3 is 2.57 bits per heavy atom. The average molecular weight is 301 g/mol. The van der Waals surface area contributed by atoms with Crippen molar-refractivity contribution in [1.29, 1.82) is 0 Å². The summed E-state index contributed by atoms with van der Waals surface area (Å²) >= 11 is 1.51. The van der Waals surface area contributed by atoms with Crippen LogP contribution in [0.5, 0.6) is 0 Å². The van der Waals surface area contributed by atoms with Crippen LogP contribution in [0.25, 0.3) is 4.96 Å². The van der Waals surface area contributed by atoms with Crippen LogP contribution < -0.4 is 5.32 Å². The lowest BCUT2D eigenvalue weighted by Gasteiger charge is -2.03. The van der Waals surface area contributed by atoms with E-state index in [9.17, 15) is 9.59 Å². The summed E-state index contributed by atoms with van der Waals surface area (Å²) in [6.07, 6.45) is 3.57. The van der Waals surface area contributed by atoms with Gasteiger partial charge in [0.2, 0.25) is 0 Å². The van der Waals surface area contributed by atoms with Gasteiger partial charge in [0.25, 0.3) is 5.91 Å². The van der Waals surface area contributed by atoms with E-state index < -0.39 is 5.97 Å². The maximum atomic E-state index is 12.1. The molecule has 2 N–H and O–H groups in total. The van der Waals surface area contributed by atoms with E-state index in [-0.39, 0.29) is 11.5 Å². The molecule has 0 saturated heterocycles. The minimum Gasteiger partial charge on any atom is -0.478 e. The summed E-state index contributed by atoms with van der Waals surface area (Å²) in [6.45, 7) is 1.98. The number of hydrogen-bond donors (Lipinski definition) is 2. The predicted molar refractivity (Wildman–Crippen MR) is 79.2 cm³/mol. The van der Waals surface area contributed by atoms with E-state index in [1.54, 1.807) is 18.3 Å². The smallest absolute Gasteiger partial charge is 0.335 e. The summed E-state index contributed by atoms with van der Waals surface area (Å²) in [5, 5.41) is 11.5. The van der Waals surface area contributed by atoms with Crippen LogP contribution in [0.4, 0.5) is 5.69 Å². The number of aryl methyl sites for hydroxylation is 1. The van der Waals surface area contributed by atoms with E-state index in [2.05, 4.69) is 10.3 Å². The van der Waals surface area contributed by atoms with Gasteiger partial charge in [-0.3, -0.25) is 9.20 Å². The second-order valence-electron chi connectivity index (χ2n) is 4.49. The van der Waals surface area contributed by atoms with Crippen LogP contribution in [0.2, 0.25) is 0 Å². The van der Waals surface area contributed by atoms with E-state index in [1.807, 2.05) is 17.5 Å². The maximum Gasteiger partial charge on any atom is 0.335 e. The molecule has 0 aliphatic carbocycles. The third-order valence-corrected chi connectivity index (χ3v) is 3.81. The first-order valence-corrected chi connectivity index (χ1v) is 6.94. The quantitative estimate of drug-likeness (QED) is 0.779. The number of fused-ring (bicyclic) bond motifs is 1. The van der Waals surface area contributed by atoms with Gasteiger partial charge in [-0.05, 0) is 31.2 Å². The average Bonchev–Trinajstić information content (AvgIpc) is 2.96. The van der Waals surface area contributed by atoms with Gasteiger partial charge in [0.15, 0.2) is 4.96 Å². The van der Waals surface area contributed by atoms with Crippen molar-refractivity contribution in [3.8, 4) is 0 Å². The molecule has 106 valence electrons. The molecular weight excluding hydrogens is 290 g/mol. The first-order valence-electron chi connectivity index (χ1n) is 6.13. The lowest BCUT2D eigenvalue weighted by Crippen LogP contribution is -2.12. The monoisotopic (exact) mass is 301 g/mol. The third-order valence-electron chi connectivity index (χ3n) is 2.89. The van der Waals surface area contributed by atoms with Crippen LogP contribution in [0.1, 0.15) is 25.7 Å². The molecule has 0 saturated carbocycles. The normalized spacial score (nSPS) is 10.7. The molecule has 2 heterocycles. The van der Waals surface area contributed by atoms with Gasteiger partial charge in [-0.25, -0.2) is 9.78 Å². The molecule has 21 heavy (non-hydrogen) atoms. The fourth-order valence-corrected chi connectivity index (χ4v) is 2.72. The summed E-state index contributed by atoms with van der Waals surface area (Å²) < 4.78 is 1.81. The number of rotatable bonds is 3. The molecule has 0 aliphatic heterocycles. The number of anilines is 1. The molecule has 3 aromatic rings. The van der Waals surface area contributed by atoms with Gasteiger partial charge in [0, 0.05) is 23.0 Å². The molecule has 0 radical (unpaired) electrons. The van der Waals surface area contributed by atoms with Gasteiger partial charge < -0.3 is 10.4 Å². The van der Waals surface area contributed by atoms with Crippen molar-refractivity contribution < 1.29 is 14.7 Å². The standard InChI is InChI=1S/C14H11N3O3S/c1-8-6-17-7-11(16-14(17)21-8)12(18)15-10-4-2-9(3-5-10)13(19)20/h2-7H,1H3,(H,15,18)(H,19,20). The van der Waals surface area contributed by atoms with Crippen LogP contribution in [0.15, 0.2) is 36.7 Å². The second-order valence-corrected chi connectivity index (χ2v) is 5.71. The molecule has 0 unspecified atom stereocenters. The van der Waals surface area contributed by atoms with Crippen molar-refractivity contribution >= 4 is 33.9 Å². The zero-order valence-electron chi connectivity index (χ0n) is 11.0. The summed E-state index contributed by atoms with van der Waals surface area (Å²) in [4.78, 5) is 29.0. The van der Waals surface area contributed by atoms with E-state index >= 15 is 0 Å². The summed E-state index contributed by atoms with van der Waals surface area (Å²) in [5.74, 6) is -1.33. The maximum absolute atomic E-state index is 12.1. The summed E-state index contributed by atoms with van der Waals surface area (Å²) in [5.41, 5.74) is 1.02. The molecule has 7 heteroatoms. The van der Waals surface area contributed by atoms with E-state index in [0.29, 0.717) is 11.4 Å². The van der Waals surface area contributed by atoms with Crippen LogP contribution in [0, 0.1) is 6.92 Å². The number of hydrogen-bond acceptors (Lipinski definition) is 4. The van der Waals surface area contributed by atoms with Gasteiger partial charge in [-0.2, -0.15) is 0 Å². The van der Waals surface area contributed by atoms with Crippen LogP contribution in [-0.2, 0) is 0 Å². The van der Waals surface area contributed by atoms with Crippen molar-refractivity contribution in [2.75, 3.05) is 5.32 Å². The summed E-state index contributed by atoms with van der Waals surface area (Å²) in [7, 11) is 0. The molecule has 1 aromatic carbocycles. The number of carbonyl (C=O) groups is 2. The number of aromatic carboxylic acids is 1. The fourth-order valence-electron chi connectivity index (χ4n) is 1.91. The van der Waals surface area contributed by atoms with Crippen molar-refractivity contribution in [3.63, 3.8) is 0 Å². The SMILES string of the molecule is Cc1cn2cc(C(=O)Nc3ccc(C(=O)O)cc3)nc2s1. The van der Waals surface area contributed by atoms with E-state index in [0.717, 1.165) is 9.84 Å². The number of nitrogens with zero attached hydrogens (tertiary/aromatic N) is 2. The van der Waals surface area contributed by atoms with Gasteiger partial charge in [-0.15, -0.1) is 11.3 Å². The van der Waals surface area contributed by atoms with Crippen molar-refractivity contribution in [1.82, 2.24) is 9.38 Å². The number of carboxylic acids is 1. The predicted octanol–water partition coefficient (Wildman–Crippen LogP) is 2.65. The number of nitrogens with one attached hydrogen (secondary N) is 1. The lowest BCUT2D eigenvalue weighted by atomic mass is 10.2. The Balaban J connectivity index is 1.78. The highest BCUT2D eigenvalue weighted by Gasteiger charge is 2.12. The van der Waals surface area contributed by atoms with Gasteiger partial charge in [-0.1, -0.05) is 0 Å². The van der Waals surface area contributed by atoms with Crippen molar-refractivity contribution in [3.05, 3.63) is 52.8 Å². The van der Waals surface area contributed by atoms with Gasteiger partial charge in [0.1, 0.15) is 5.69 Å². The highest BCUT2D eigenvalue weighted by molar-refractivity contribution is 7.17. The molecule has 2 aromatic heterocycles. The van der Waals surface area contributed by atoms with Gasteiger partial charge >= 0.3 is 5.97 Å². The number of carbonyl (C=O) groups excluding carboxylic acids is 1. The van der Waals surface area contributed by atoms with Gasteiger partial charge in [0.05, 0.1) is 5.56 Å².